The van der Waals surface area contributed by atoms with Crippen LogP contribution in [0, 0.1) is 0 Å². The van der Waals surface area contributed by atoms with Crippen molar-refractivity contribution in [3.63, 3.8) is 0 Å². The van der Waals surface area contributed by atoms with Crippen LogP contribution < -0.4 is 4.74 Å². The first-order valence-corrected chi connectivity index (χ1v) is 11.0. The molecule has 8 heteroatoms. The molecule has 1 amide bonds. The molecule has 4 rings (SSSR count). The molecule has 1 atom stereocenters. The zero-order valence-electron chi connectivity index (χ0n) is 17.5. The summed E-state index contributed by atoms with van der Waals surface area (Å²) in [7, 11) is 0. The van der Waals surface area contributed by atoms with E-state index in [-0.39, 0.29) is 11.8 Å². The van der Waals surface area contributed by atoms with E-state index in [1.165, 1.54) is 0 Å². The van der Waals surface area contributed by atoms with Crippen molar-refractivity contribution in [3.05, 3.63) is 59.2 Å². The van der Waals surface area contributed by atoms with Gasteiger partial charge in [-0.2, -0.15) is 4.98 Å². The molecular formula is C23H25ClN4O3. The van der Waals surface area contributed by atoms with Crippen molar-refractivity contribution in [2.24, 2.45) is 0 Å². The first kappa shape index (κ1) is 21.3. The maximum atomic E-state index is 12.8. The third-order valence-electron chi connectivity index (χ3n) is 5.35. The third-order valence-corrected chi connectivity index (χ3v) is 5.56. The molecule has 0 radical (unpaired) electrons. The Bertz CT molecular complexity index is 1020. The Morgan fingerprint density at radius 2 is 2.13 bits per heavy atom. The number of unbranched alkanes of at least 4 members (excludes halogenated alkanes) is 1. The number of pyridine rings is 1. The van der Waals surface area contributed by atoms with Gasteiger partial charge >= 0.3 is 0 Å². The number of piperidine rings is 1. The SMILES string of the molecule is CCCCOc1ccc(-c2noc(C3CCCN(C(=O)c4ccnc(Cl)c4)C3)n2)cc1. The summed E-state index contributed by atoms with van der Waals surface area (Å²) in [5.41, 5.74) is 1.40. The van der Waals surface area contributed by atoms with Crippen LogP contribution in [0.2, 0.25) is 5.15 Å². The van der Waals surface area contributed by atoms with Gasteiger partial charge in [0.25, 0.3) is 5.91 Å². The molecule has 0 bridgehead atoms. The Morgan fingerprint density at radius 1 is 1.29 bits per heavy atom. The zero-order chi connectivity index (χ0) is 21.6. The molecule has 0 saturated carbocycles. The lowest BCUT2D eigenvalue weighted by Crippen LogP contribution is -2.39. The number of amides is 1. The number of hydrogen-bond acceptors (Lipinski definition) is 6. The van der Waals surface area contributed by atoms with E-state index in [9.17, 15) is 4.79 Å². The summed E-state index contributed by atoms with van der Waals surface area (Å²) < 4.78 is 11.3. The average molecular weight is 441 g/mol. The molecule has 3 heterocycles. The fraction of sp³-hybridized carbons (Fsp3) is 0.391. The topological polar surface area (TPSA) is 81.4 Å². The maximum absolute atomic E-state index is 12.8. The molecule has 1 saturated heterocycles. The lowest BCUT2D eigenvalue weighted by molar-refractivity contribution is 0.0695. The van der Waals surface area contributed by atoms with E-state index in [4.69, 9.17) is 20.9 Å². The summed E-state index contributed by atoms with van der Waals surface area (Å²) in [5.74, 6) is 1.88. The quantitative estimate of drug-likeness (QED) is 0.380. The van der Waals surface area contributed by atoms with Gasteiger partial charge in [0.15, 0.2) is 0 Å². The van der Waals surface area contributed by atoms with Crippen molar-refractivity contribution in [2.75, 3.05) is 19.7 Å². The van der Waals surface area contributed by atoms with Crippen LogP contribution in [0.1, 0.15) is 54.8 Å². The second-order valence-electron chi connectivity index (χ2n) is 7.64. The highest BCUT2D eigenvalue weighted by molar-refractivity contribution is 6.29. The van der Waals surface area contributed by atoms with Gasteiger partial charge in [-0.15, -0.1) is 0 Å². The highest BCUT2D eigenvalue weighted by Gasteiger charge is 2.29. The number of ether oxygens (including phenoxy) is 1. The Morgan fingerprint density at radius 3 is 2.90 bits per heavy atom. The van der Waals surface area contributed by atoms with Crippen LogP contribution in [-0.2, 0) is 0 Å². The molecule has 3 aromatic rings. The van der Waals surface area contributed by atoms with E-state index in [0.29, 0.717) is 42.1 Å². The fourth-order valence-corrected chi connectivity index (χ4v) is 3.81. The van der Waals surface area contributed by atoms with Crippen LogP contribution in [-0.4, -0.2) is 45.6 Å². The molecule has 1 aliphatic heterocycles. The standard InChI is InChI=1S/C23H25ClN4O3/c1-2-3-13-30-19-8-6-16(7-9-19)21-26-22(31-27-21)18-5-4-12-28(15-18)23(29)17-10-11-25-20(24)14-17/h6-11,14,18H,2-5,12-13,15H2,1H3. The molecule has 0 aliphatic carbocycles. The predicted octanol–water partition coefficient (Wildman–Crippen LogP) is 4.98. The monoisotopic (exact) mass is 440 g/mol. The van der Waals surface area contributed by atoms with Crippen LogP contribution >= 0.6 is 11.6 Å². The number of carbonyl (C=O) groups excluding carboxylic acids is 1. The molecule has 1 aromatic carbocycles. The summed E-state index contributed by atoms with van der Waals surface area (Å²) in [4.78, 5) is 23.2. The first-order chi connectivity index (χ1) is 15.1. The lowest BCUT2D eigenvalue weighted by Gasteiger charge is -2.31. The number of nitrogens with zero attached hydrogens (tertiary/aromatic N) is 4. The van der Waals surface area contributed by atoms with Gasteiger partial charge in [-0.3, -0.25) is 4.79 Å². The zero-order valence-corrected chi connectivity index (χ0v) is 18.2. The molecule has 0 spiro atoms. The van der Waals surface area contributed by atoms with E-state index in [1.54, 1.807) is 18.3 Å². The lowest BCUT2D eigenvalue weighted by atomic mass is 9.97. The van der Waals surface area contributed by atoms with Crippen LogP contribution in [0.3, 0.4) is 0 Å². The molecule has 0 N–H and O–H groups in total. The highest BCUT2D eigenvalue weighted by atomic mass is 35.5. The molecular weight excluding hydrogens is 416 g/mol. The summed E-state index contributed by atoms with van der Waals surface area (Å²) in [5, 5.41) is 4.46. The minimum Gasteiger partial charge on any atom is -0.494 e. The molecule has 1 fully saturated rings. The second-order valence-corrected chi connectivity index (χ2v) is 8.03. The van der Waals surface area contributed by atoms with Crippen LogP contribution in [0.4, 0.5) is 0 Å². The van der Waals surface area contributed by atoms with Gasteiger partial charge in [0.05, 0.1) is 12.5 Å². The van der Waals surface area contributed by atoms with Gasteiger partial charge in [-0.25, -0.2) is 4.98 Å². The van der Waals surface area contributed by atoms with Crippen LogP contribution in [0.5, 0.6) is 5.75 Å². The van der Waals surface area contributed by atoms with Crippen molar-refractivity contribution >= 4 is 17.5 Å². The van der Waals surface area contributed by atoms with Gasteiger partial charge in [-0.05, 0) is 55.7 Å². The van der Waals surface area contributed by atoms with Crippen LogP contribution in [0.25, 0.3) is 11.4 Å². The molecule has 1 aliphatic rings. The van der Waals surface area contributed by atoms with E-state index < -0.39 is 0 Å². The van der Waals surface area contributed by atoms with Crippen molar-refractivity contribution < 1.29 is 14.1 Å². The summed E-state index contributed by atoms with van der Waals surface area (Å²) >= 11 is 5.93. The number of likely N-dealkylation sites (tertiary alicyclic amines) is 1. The number of aromatic nitrogens is 3. The number of halogens is 1. The number of carbonyl (C=O) groups is 1. The van der Waals surface area contributed by atoms with Gasteiger partial charge in [-0.1, -0.05) is 30.1 Å². The highest BCUT2D eigenvalue weighted by Crippen LogP contribution is 2.29. The van der Waals surface area contributed by atoms with Crippen molar-refractivity contribution in [1.82, 2.24) is 20.0 Å². The van der Waals surface area contributed by atoms with E-state index in [1.807, 2.05) is 29.2 Å². The minimum atomic E-state index is -0.0626. The fourth-order valence-electron chi connectivity index (χ4n) is 3.63. The summed E-state index contributed by atoms with van der Waals surface area (Å²) in [6, 6.07) is 11.0. The maximum Gasteiger partial charge on any atom is 0.254 e. The van der Waals surface area contributed by atoms with Crippen LogP contribution in [0.15, 0.2) is 47.1 Å². The Labute approximate surface area is 186 Å². The van der Waals surface area contributed by atoms with Crippen molar-refractivity contribution in [2.45, 2.75) is 38.5 Å². The third kappa shape index (κ3) is 5.22. The van der Waals surface area contributed by atoms with E-state index in [0.717, 1.165) is 37.0 Å². The summed E-state index contributed by atoms with van der Waals surface area (Å²) in [6.07, 6.45) is 5.44. The number of rotatable bonds is 7. The smallest absolute Gasteiger partial charge is 0.254 e. The van der Waals surface area contributed by atoms with Crippen molar-refractivity contribution in [3.8, 4) is 17.1 Å². The summed E-state index contributed by atoms with van der Waals surface area (Å²) in [6.45, 7) is 4.07. The molecule has 1 unspecified atom stereocenters. The molecule has 162 valence electrons. The molecule has 7 nitrogen and oxygen atoms in total. The van der Waals surface area contributed by atoms with E-state index in [2.05, 4.69) is 22.0 Å². The number of benzene rings is 1. The number of hydrogen-bond donors (Lipinski definition) is 0. The van der Waals surface area contributed by atoms with Gasteiger partial charge in [0, 0.05) is 30.4 Å². The largest absolute Gasteiger partial charge is 0.494 e. The predicted molar refractivity (Wildman–Crippen MR) is 117 cm³/mol. The van der Waals surface area contributed by atoms with Gasteiger partial charge in [0.2, 0.25) is 11.7 Å². The normalized spacial score (nSPS) is 16.3. The molecule has 31 heavy (non-hydrogen) atoms. The van der Waals surface area contributed by atoms with E-state index >= 15 is 0 Å². The minimum absolute atomic E-state index is 0.00732. The Balaban J connectivity index is 1.42. The second kappa shape index (κ2) is 9.92. The molecule has 2 aromatic heterocycles. The van der Waals surface area contributed by atoms with Crippen molar-refractivity contribution in [1.29, 1.82) is 0 Å². The first-order valence-electron chi connectivity index (χ1n) is 10.6. The van der Waals surface area contributed by atoms with Gasteiger partial charge < -0.3 is 14.2 Å². The Hall–Kier alpha value is -2.93. The van der Waals surface area contributed by atoms with Gasteiger partial charge in [0.1, 0.15) is 10.9 Å². The average Bonchev–Trinajstić information content (AvgIpc) is 3.30. The Kier molecular flexibility index (Phi) is 6.82.